The minimum absolute atomic E-state index is 0.311. The molecule has 202 valence electrons. The van der Waals surface area contributed by atoms with Gasteiger partial charge in [0.15, 0.2) is 8.32 Å². The van der Waals surface area contributed by atoms with Gasteiger partial charge >= 0.3 is 0 Å². The maximum atomic E-state index is 12.6. The average Bonchev–Trinajstić information content (AvgIpc) is 2.77. The summed E-state index contributed by atoms with van der Waals surface area (Å²) in [6, 6.07) is 0. The molecule has 0 aromatic carbocycles. The van der Waals surface area contributed by atoms with E-state index in [-0.39, 0.29) is 0 Å². The first-order chi connectivity index (χ1) is 16.4. The molecule has 0 bridgehead atoms. The van der Waals surface area contributed by atoms with E-state index < -0.39 is 8.32 Å². The van der Waals surface area contributed by atoms with Crippen molar-refractivity contribution in [2.75, 3.05) is 39.8 Å². The highest BCUT2D eigenvalue weighted by Crippen LogP contribution is 2.26. The van der Waals surface area contributed by atoms with Crippen molar-refractivity contribution >= 4 is 14.2 Å². The Bertz CT molecular complexity index is 708. The third-order valence-electron chi connectivity index (χ3n) is 6.98. The van der Waals surface area contributed by atoms with Gasteiger partial charge in [-0.3, -0.25) is 4.79 Å². The number of carbonyl (C=O) groups excluding carboxylic acids is 1. The molecule has 1 amide bonds. The number of hydrogen-bond acceptors (Lipinski definition) is 3. The summed E-state index contributed by atoms with van der Waals surface area (Å²) < 4.78 is 6.16. The second-order valence-electron chi connectivity index (χ2n) is 12.1. The number of piperazine rings is 1. The summed E-state index contributed by atoms with van der Waals surface area (Å²) in [7, 11) is 0.669. The van der Waals surface area contributed by atoms with Crippen LogP contribution in [0.1, 0.15) is 79.6 Å². The lowest BCUT2D eigenvalue weighted by Gasteiger charge is -2.32. The third kappa shape index (κ3) is 15.5. The highest BCUT2D eigenvalue weighted by molar-refractivity contribution is 6.69. The van der Waals surface area contributed by atoms with Gasteiger partial charge in [0, 0.05) is 39.2 Å². The summed E-state index contributed by atoms with van der Waals surface area (Å²) in [5.74, 6) is 1.44. The number of hydrogen-bond donors (Lipinski definition) is 0. The lowest BCUT2D eigenvalue weighted by Crippen LogP contribution is -2.47. The molecule has 35 heavy (non-hydrogen) atoms. The number of likely N-dealkylation sites (N-methyl/N-ethyl adjacent to an activating group) is 1. The topological polar surface area (TPSA) is 32.8 Å². The van der Waals surface area contributed by atoms with Crippen LogP contribution >= 0.6 is 0 Å². The Hall–Kier alpha value is -1.17. The molecule has 1 heterocycles. The minimum atomic E-state index is -1.46. The molecule has 5 heteroatoms. The van der Waals surface area contributed by atoms with E-state index in [2.05, 4.69) is 84.4 Å². The lowest BCUT2D eigenvalue weighted by molar-refractivity contribution is -0.132. The number of amides is 1. The van der Waals surface area contributed by atoms with Crippen LogP contribution < -0.4 is 0 Å². The molecule has 0 aliphatic carbocycles. The molecular weight excluding hydrogens is 448 g/mol. The van der Waals surface area contributed by atoms with Crippen molar-refractivity contribution in [2.24, 2.45) is 11.8 Å². The van der Waals surface area contributed by atoms with Gasteiger partial charge in [-0.2, -0.15) is 0 Å². The molecule has 0 radical (unpaired) electrons. The van der Waals surface area contributed by atoms with Crippen molar-refractivity contribution in [1.29, 1.82) is 0 Å². The van der Waals surface area contributed by atoms with E-state index in [0.717, 1.165) is 58.5 Å². The van der Waals surface area contributed by atoms with Gasteiger partial charge in [-0.05, 0) is 105 Å². The van der Waals surface area contributed by atoms with Gasteiger partial charge in [0.2, 0.25) is 5.91 Å². The first kappa shape index (κ1) is 31.9. The molecule has 1 rings (SSSR count). The van der Waals surface area contributed by atoms with E-state index in [9.17, 15) is 4.79 Å². The van der Waals surface area contributed by atoms with E-state index in [0.29, 0.717) is 24.2 Å². The Labute approximate surface area is 219 Å². The highest BCUT2D eigenvalue weighted by atomic mass is 28.4. The molecule has 1 fully saturated rings. The molecule has 2 unspecified atom stereocenters. The van der Waals surface area contributed by atoms with Crippen molar-refractivity contribution in [2.45, 2.75) is 99.2 Å². The molecular formula is C30H56N2O2Si. The fraction of sp³-hybridized carbons (Fsp3) is 0.767. The Kier molecular flexibility index (Phi) is 15.1. The summed E-state index contributed by atoms with van der Waals surface area (Å²) >= 11 is 0. The molecule has 0 spiro atoms. The van der Waals surface area contributed by atoms with E-state index in [4.69, 9.17) is 4.43 Å². The predicted molar refractivity (Wildman–Crippen MR) is 155 cm³/mol. The van der Waals surface area contributed by atoms with Gasteiger partial charge in [0.05, 0.1) is 0 Å². The average molecular weight is 505 g/mol. The van der Waals surface area contributed by atoms with Crippen LogP contribution in [-0.2, 0) is 9.22 Å². The van der Waals surface area contributed by atoms with Crippen molar-refractivity contribution in [1.82, 2.24) is 9.80 Å². The summed E-state index contributed by atoms with van der Waals surface area (Å²) in [4.78, 5) is 17.0. The quantitative estimate of drug-likeness (QED) is 0.171. The highest BCUT2D eigenvalue weighted by Gasteiger charge is 2.19. The van der Waals surface area contributed by atoms with Gasteiger partial charge < -0.3 is 14.2 Å². The Morgan fingerprint density at radius 2 is 1.54 bits per heavy atom. The van der Waals surface area contributed by atoms with Crippen LogP contribution in [-0.4, -0.2) is 63.9 Å². The van der Waals surface area contributed by atoms with Crippen LogP contribution in [0.3, 0.4) is 0 Å². The molecule has 0 saturated carbocycles. The van der Waals surface area contributed by atoms with Gasteiger partial charge in [-0.1, -0.05) is 41.9 Å². The number of nitrogens with zero attached hydrogens (tertiary/aromatic N) is 2. The van der Waals surface area contributed by atoms with Crippen LogP contribution in [0, 0.1) is 11.8 Å². The van der Waals surface area contributed by atoms with Crippen molar-refractivity contribution in [3.8, 4) is 0 Å². The van der Waals surface area contributed by atoms with E-state index in [1.54, 1.807) is 0 Å². The summed E-state index contributed by atoms with van der Waals surface area (Å²) in [5.41, 5.74) is 4.33. The number of allylic oxidation sites excluding steroid dienone is 6. The predicted octanol–water partition coefficient (Wildman–Crippen LogP) is 7.45. The first-order valence-electron chi connectivity index (χ1n) is 13.9. The second kappa shape index (κ2) is 16.5. The SMILES string of the molecule is CC(C)=CCC/C(C)=C/CC(CCC(C)CO[Si](C)(C)C)/C(C)=C/CCC(=O)N1CCN(C)CC1. The zero-order valence-corrected chi connectivity index (χ0v) is 25.6. The molecule has 1 aliphatic rings. The Morgan fingerprint density at radius 3 is 2.14 bits per heavy atom. The van der Waals surface area contributed by atoms with E-state index >= 15 is 0 Å². The summed E-state index contributed by atoms with van der Waals surface area (Å²) in [6.07, 6.45) is 14.3. The van der Waals surface area contributed by atoms with Crippen molar-refractivity contribution < 1.29 is 9.22 Å². The van der Waals surface area contributed by atoms with Gasteiger partial charge in [0.1, 0.15) is 0 Å². The van der Waals surface area contributed by atoms with Crippen LogP contribution in [0.25, 0.3) is 0 Å². The number of rotatable bonds is 15. The van der Waals surface area contributed by atoms with E-state index in [1.807, 2.05) is 4.90 Å². The van der Waals surface area contributed by atoms with Gasteiger partial charge in [0.25, 0.3) is 0 Å². The standard InChI is InChI=1S/C30H56N2O2Si/c1-25(2)12-10-13-26(3)16-18-29(19-17-27(4)24-34-35(7,8)9)28(5)14-11-15-30(33)32-22-20-31(6)21-23-32/h12,14,16,27,29H,10-11,13,15,17-24H2,1-9H3/b26-16+,28-14+. The van der Waals surface area contributed by atoms with Crippen molar-refractivity contribution in [3.05, 3.63) is 34.9 Å². The summed E-state index contributed by atoms with van der Waals surface area (Å²) in [6.45, 7) is 22.6. The van der Waals surface area contributed by atoms with Crippen LogP contribution in [0.15, 0.2) is 34.9 Å². The summed E-state index contributed by atoms with van der Waals surface area (Å²) in [5, 5.41) is 0. The van der Waals surface area contributed by atoms with Crippen LogP contribution in [0.2, 0.25) is 19.6 Å². The molecule has 0 aromatic heterocycles. The Balaban J connectivity index is 2.68. The first-order valence-corrected chi connectivity index (χ1v) is 17.3. The minimum Gasteiger partial charge on any atom is -0.417 e. The van der Waals surface area contributed by atoms with Gasteiger partial charge in [-0.15, -0.1) is 0 Å². The fourth-order valence-electron chi connectivity index (χ4n) is 4.33. The molecule has 0 aromatic rings. The maximum absolute atomic E-state index is 12.6. The second-order valence-corrected chi connectivity index (χ2v) is 16.6. The fourth-order valence-corrected chi connectivity index (χ4v) is 5.12. The molecule has 4 nitrogen and oxygen atoms in total. The maximum Gasteiger partial charge on any atom is 0.222 e. The number of carbonyl (C=O) groups is 1. The molecule has 1 aliphatic heterocycles. The molecule has 0 N–H and O–H groups in total. The molecule has 1 saturated heterocycles. The van der Waals surface area contributed by atoms with Gasteiger partial charge in [-0.25, -0.2) is 0 Å². The lowest BCUT2D eigenvalue weighted by atomic mass is 9.87. The van der Waals surface area contributed by atoms with E-state index in [1.165, 1.54) is 29.6 Å². The largest absolute Gasteiger partial charge is 0.417 e. The zero-order valence-electron chi connectivity index (χ0n) is 24.6. The smallest absolute Gasteiger partial charge is 0.222 e. The molecule has 2 atom stereocenters. The van der Waals surface area contributed by atoms with Crippen LogP contribution in [0.4, 0.5) is 0 Å². The third-order valence-corrected chi connectivity index (χ3v) is 8.01. The zero-order chi connectivity index (χ0) is 26.4. The van der Waals surface area contributed by atoms with Crippen molar-refractivity contribution in [3.63, 3.8) is 0 Å². The Morgan fingerprint density at radius 1 is 0.914 bits per heavy atom. The normalized spacial score (nSPS) is 17.9. The monoisotopic (exact) mass is 504 g/mol. The van der Waals surface area contributed by atoms with Crippen LogP contribution in [0.5, 0.6) is 0 Å².